The maximum atomic E-state index is 11.9. The number of amides is 2. The Hall–Kier alpha value is -1.62. The average molecular weight is 279 g/mol. The van der Waals surface area contributed by atoms with E-state index in [1.807, 2.05) is 32.0 Å². The molecule has 0 atom stereocenters. The Bertz CT molecular complexity index is 407. The van der Waals surface area contributed by atoms with Gasteiger partial charge in [0.25, 0.3) is 0 Å². The number of aromatic nitrogens is 1. The molecule has 2 N–H and O–H groups in total. The topological polar surface area (TPSA) is 65.5 Å². The van der Waals surface area contributed by atoms with Gasteiger partial charge >= 0.3 is 6.03 Å². The highest BCUT2D eigenvalue weighted by Crippen LogP contribution is 2.20. The first-order valence-corrected chi connectivity index (χ1v) is 6.94. The second-order valence-electron chi connectivity index (χ2n) is 5.83. The van der Waals surface area contributed by atoms with E-state index in [1.165, 1.54) is 0 Å². The number of carbonyl (C=O) groups excluding carboxylic acids is 1. The number of carbonyl (C=O) groups is 1. The van der Waals surface area contributed by atoms with Crippen molar-refractivity contribution in [3.63, 3.8) is 0 Å². The number of aliphatic hydroxyl groups excluding tert-OH is 1. The van der Waals surface area contributed by atoms with Crippen molar-refractivity contribution in [1.82, 2.24) is 15.2 Å². The molecule has 5 heteroatoms. The number of aliphatic hydroxyl groups is 1. The Balaban J connectivity index is 2.25. The summed E-state index contributed by atoms with van der Waals surface area (Å²) >= 11 is 0. The zero-order chi connectivity index (χ0) is 15.0. The van der Waals surface area contributed by atoms with E-state index in [-0.39, 0.29) is 18.1 Å². The highest BCUT2D eigenvalue weighted by molar-refractivity contribution is 5.73. The van der Waals surface area contributed by atoms with E-state index in [4.69, 9.17) is 5.11 Å². The van der Waals surface area contributed by atoms with Crippen molar-refractivity contribution in [1.29, 1.82) is 0 Å². The van der Waals surface area contributed by atoms with Crippen LogP contribution >= 0.6 is 0 Å². The molecule has 1 aromatic heterocycles. The molecule has 5 nitrogen and oxygen atoms in total. The molecule has 0 aliphatic rings. The van der Waals surface area contributed by atoms with E-state index >= 15 is 0 Å². The summed E-state index contributed by atoms with van der Waals surface area (Å²) in [6, 6.07) is 5.56. The summed E-state index contributed by atoms with van der Waals surface area (Å²) in [6.07, 6.45) is 3.46. The number of pyridine rings is 1. The fraction of sp³-hybridized carbons (Fsp3) is 0.600. The van der Waals surface area contributed by atoms with Gasteiger partial charge in [-0.2, -0.15) is 0 Å². The number of rotatable bonds is 7. The van der Waals surface area contributed by atoms with Crippen LogP contribution in [0.1, 0.15) is 32.4 Å². The third-order valence-electron chi connectivity index (χ3n) is 3.21. The first kappa shape index (κ1) is 16.4. The largest absolute Gasteiger partial charge is 0.396 e. The Morgan fingerprint density at radius 2 is 2.20 bits per heavy atom. The number of nitrogens with zero attached hydrogens (tertiary/aromatic N) is 2. The SMILES string of the molecule is CN(Cc1ccccn1)C(=O)NCCCC(C)(C)CO. The van der Waals surface area contributed by atoms with E-state index in [2.05, 4.69) is 10.3 Å². The van der Waals surface area contributed by atoms with Gasteiger partial charge in [0, 0.05) is 26.4 Å². The van der Waals surface area contributed by atoms with Crippen LogP contribution in [-0.4, -0.2) is 41.2 Å². The smallest absolute Gasteiger partial charge is 0.317 e. The lowest BCUT2D eigenvalue weighted by Crippen LogP contribution is -2.37. The van der Waals surface area contributed by atoms with Crippen LogP contribution in [-0.2, 0) is 6.54 Å². The molecule has 0 fully saturated rings. The normalized spacial score (nSPS) is 11.2. The predicted octanol–water partition coefficient (Wildman–Crippen LogP) is 2.02. The van der Waals surface area contributed by atoms with Gasteiger partial charge in [0.1, 0.15) is 0 Å². The van der Waals surface area contributed by atoms with Gasteiger partial charge in [0.05, 0.1) is 12.2 Å². The molecule has 0 aliphatic carbocycles. The molecule has 2 amide bonds. The van der Waals surface area contributed by atoms with Gasteiger partial charge in [-0.25, -0.2) is 4.79 Å². The van der Waals surface area contributed by atoms with Crippen molar-refractivity contribution < 1.29 is 9.90 Å². The quantitative estimate of drug-likeness (QED) is 0.750. The van der Waals surface area contributed by atoms with Gasteiger partial charge in [-0.05, 0) is 30.4 Å². The average Bonchev–Trinajstić information content (AvgIpc) is 2.44. The van der Waals surface area contributed by atoms with Crippen molar-refractivity contribution in [2.24, 2.45) is 5.41 Å². The lowest BCUT2D eigenvalue weighted by Gasteiger charge is -2.22. The van der Waals surface area contributed by atoms with Gasteiger partial charge in [0.2, 0.25) is 0 Å². The fourth-order valence-electron chi connectivity index (χ4n) is 1.78. The Morgan fingerprint density at radius 3 is 2.80 bits per heavy atom. The molecule has 112 valence electrons. The van der Waals surface area contributed by atoms with Crippen LogP contribution in [0, 0.1) is 5.41 Å². The minimum absolute atomic E-state index is 0.0788. The van der Waals surface area contributed by atoms with Crippen LogP contribution in [0.15, 0.2) is 24.4 Å². The minimum Gasteiger partial charge on any atom is -0.396 e. The summed E-state index contributed by atoms with van der Waals surface area (Å²) < 4.78 is 0. The molecule has 0 saturated carbocycles. The summed E-state index contributed by atoms with van der Waals surface area (Å²) in [5.41, 5.74) is 0.788. The van der Waals surface area contributed by atoms with Crippen LogP contribution in [0.2, 0.25) is 0 Å². The lowest BCUT2D eigenvalue weighted by molar-refractivity contribution is 0.147. The highest BCUT2D eigenvalue weighted by atomic mass is 16.3. The molecule has 0 bridgehead atoms. The second kappa shape index (κ2) is 7.85. The number of urea groups is 1. The molecule has 0 aromatic carbocycles. The van der Waals surface area contributed by atoms with Crippen LogP contribution in [0.25, 0.3) is 0 Å². The van der Waals surface area contributed by atoms with Crippen molar-refractivity contribution in [2.75, 3.05) is 20.2 Å². The fourth-order valence-corrected chi connectivity index (χ4v) is 1.78. The molecule has 20 heavy (non-hydrogen) atoms. The first-order chi connectivity index (χ1) is 9.44. The molecular formula is C15H25N3O2. The van der Waals surface area contributed by atoms with Crippen LogP contribution in [0.3, 0.4) is 0 Å². The van der Waals surface area contributed by atoms with Crippen molar-refractivity contribution in [2.45, 2.75) is 33.2 Å². The van der Waals surface area contributed by atoms with Crippen LogP contribution in [0.4, 0.5) is 4.79 Å². The van der Waals surface area contributed by atoms with Gasteiger partial charge in [-0.15, -0.1) is 0 Å². The molecule has 1 heterocycles. The Labute approximate surface area is 121 Å². The monoisotopic (exact) mass is 279 g/mol. The van der Waals surface area contributed by atoms with Crippen LogP contribution < -0.4 is 5.32 Å². The molecule has 0 aliphatic heterocycles. The Kier molecular flexibility index (Phi) is 6.45. The summed E-state index contributed by atoms with van der Waals surface area (Å²) in [6.45, 7) is 5.31. The summed E-state index contributed by atoms with van der Waals surface area (Å²) in [7, 11) is 1.75. The lowest BCUT2D eigenvalue weighted by atomic mass is 9.89. The van der Waals surface area contributed by atoms with Crippen molar-refractivity contribution in [3.05, 3.63) is 30.1 Å². The molecular weight excluding hydrogens is 254 g/mol. The van der Waals surface area contributed by atoms with E-state index in [1.54, 1.807) is 18.1 Å². The molecule has 0 spiro atoms. The van der Waals surface area contributed by atoms with Crippen molar-refractivity contribution in [3.8, 4) is 0 Å². The third kappa shape index (κ3) is 6.02. The molecule has 0 unspecified atom stereocenters. The highest BCUT2D eigenvalue weighted by Gasteiger charge is 2.16. The number of hydrogen-bond donors (Lipinski definition) is 2. The molecule has 1 aromatic rings. The van der Waals surface area contributed by atoms with Gasteiger partial charge in [0.15, 0.2) is 0 Å². The number of nitrogens with one attached hydrogen (secondary N) is 1. The predicted molar refractivity (Wildman–Crippen MR) is 79.2 cm³/mol. The molecule has 1 rings (SSSR count). The van der Waals surface area contributed by atoms with Crippen LogP contribution in [0.5, 0.6) is 0 Å². The maximum Gasteiger partial charge on any atom is 0.317 e. The number of hydrogen-bond acceptors (Lipinski definition) is 3. The molecule has 0 radical (unpaired) electrons. The standard InChI is InChI=1S/C15H25N3O2/c1-15(2,12-19)8-6-10-17-14(20)18(3)11-13-7-4-5-9-16-13/h4-5,7,9,19H,6,8,10-12H2,1-3H3,(H,17,20). The van der Waals surface area contributed by atoms with Crippen molar-refractivity contribution >= 4 is 6.03 Å². The maximum absolute atomic E-state index is 11.9. The zero-order valence-corrected chi connectivity index (χ0v) is 12.6. The van der Waals surface area contributed by atoms with E-state index in [0.29, 0.717) is 13.1 Å². The van der Waals surface area contributed by atoms with E-state index in [0.717, 1.165) is 18.5 Å². The second-order valence-corrected chi connectivity index (χ2v) is 5.83. The first-order valence-electron chi connectivity index (χ1n) is 6.94. The third-order valence-corrected chi connectivity index (χ3v) is 3.21. The van der Waals surface area contributed by atoms with Gasteiger partial charge in [-0.1, -0.05) is 19.9 Å². The zero-order valence-electron chi connectivity index (χ0n) is 12.6. The summed E-state index contributed by atoms with van der Waals surface area (Å²) in [5.74, 6) is 0. The minimum atomic E-state index is -0.0996. The van der Waals surface area contributed by atoms with Gasteiger partial charge in [-0.3, -0.25) is 4.98 Å². The van der Waals surface area contributed by atoms with Gasteiger partial charge < -0.3 is 15.3 Å². The van der Waals surface area contributed by atoms with E-state index < -0.39 is 0 Å². The molecule has 0 saturated heterocycles. The van der Waals surface area contributed by atoms with E-state index in [9.17, 15) is 4.79 Å². The summed E-state index contributed by atoms with van der Waals surface area (Å²) in [4.78, 5) is 17.7. The Morgan fingerprint density at radius 1 is 1.45 bits per heavy atom. The summed E-state index contributed by atoms with van der Waals surface area (Å²) in [5, 5.41) is 12.0.